The van der Waals surface area contributed by atoms with Crippen LogP contribution in [0.25, 0.3) is 0 Å². The predicted octanol–water partition coefficient (Wildman–Crippen LogP) is 5.52. The average molecular weight is 462 g/mol. The molecule has 2 fully saturated rings. The van der Waals surface area contributed by atoms with Crippen molar-refractivity contribution in [1.82, 2.24) is 0 Å². The van der Waals surface area contributed by atoms with Gasteiger partial charge in [0.2, 0.25) is 0 Å². The fourth-order valence-corrected chi connectivity index (χ4v) is 5.88. The smallest absolute Gasteiger partial charge is 0.198 e. The van der Waals surface area contributed by atoms with Crippen molar-refractivity contribution in [3.8, 4) is 11.5 Å². The van der Waals surface area contributed by atoms with Gasteiger partial charge in [0, 0.05) is 32.0 Å². The first-order valence-corrected chi connectivity index (χ1v) is 13.7. The summed E-state index contributed by atoms with van der Waals surface area (Å²) >= 11 is 0. The second-order valence-electron chi connectivity index (χ2n) is 9.31. The lowest BCUT2D eigenvalue weighted by molar-refractivity contribution is 0.222. The lowest BCUT2D eigenvalue weighted by Crippen LogP contribution is -2.36. The maximum Gasteiger partial charge on any atom is 0.198 e. The van der Waals surface area contributed by atoms with Crippen LogP contribution >= 0.6 is 7.37 Å². The van der Waals surface area contributed by atoms with Crippen molar-refractivity contribution >= 4 is 13.1 Å². The summed E-state index contributed by atoms with van der Waals surface area (Å²) in [7, 11) is -1.48. The van der Waals surface area contributed by atoms with E-state index in [2.05, 4.69) is 4.90 Å². The Morgan fingerprint density at radius 3 is 2.53 bits per heavy atom. The van der Waals surface area contributed by atoms with Gasteiger partial charge in [-0.15, -0.1) is 0 Å². The molecule has 2 aromatic carbocycles. The normalized spacial score (nSPS) is 19.9. The van der Waals surface area contributed by atoms with Crippen molar-refractivity contribution in [2.75, 3.05) is 44.5 Å². The van der Waals surface area contributed by atoms with Gasteiger partial charge >= 0.3 is 0 Å². The second kappa shape index (κ2) is 9.84. The van der Waals surface area contributed by atoms with E-state index in [4.69, 9.17) is 9.47 Å². The molecule has 2 aliphatic rings. The molecule has 1 saturated carbocycles. The first-order valence-electron chi connectivity index (χ1n) is 11.4. The topological polar surface area (TPSA) is 59.0 Å². The number of hydrogen-bond acceptors (Lipinski definition) is 4. The zero-order valence-corrected chi connectivity index (χ0v) is 19.8. The van der Waals surface area contributed by atoms with E-state index in [9.17, 15) is 13.8 Å². The first kappa shape index (κ1) is 23.1. The Hall–Kier alpha value is -2.04. The number of rotatable bonds is 9. The molecule has 5 nitrogen and oxygen atoms in total. The van der Waals surface area contributed by atoms with E-state index in [0.29, 0.717) is 36.0 Å². The lowest BCUT2D eigenvalue weighted by atomic mass is 9.95. The zero-order chi connectivity index (χ0) is 22.7. The van der Waals surface area contributed by atoms with Gasteiger partial charge < -0.3 is 19.3 Å². The predicted molar refractivity (Wildman–Crippen MR) is 126 cm³/mol. The van der Waals surface area contributed by atoms with Crippen LogP contribution in [0, 0.1) is 17.7 Å². The molecule has 7 heteroatoms. The van der Waals surface area contributed by atoms with E-state index in [1.807, 2.05) is 24.3 Å². The van der Waals surface area contributed by atoms with Crippen molar-refractivity contribution in [1.29, 1.82) is 0 Å². The van der Waals surface area contributed by atoms with Crippen molar-refractivity contribution in [3.63, 3.8) is 0 Å². The van der Waals surface area contributed by atoms with Gasteiger partial charge in [-0.05, 0) is 73.3 Å². The van der Waals surface area contributed by atoms with Gasteiger partial charge in [0.1, 0.15) is 17.3 Å². The Morgan fingerprint density at radius 1 is 1.12 bits per heavy atom. The van der Waals surface area contributed by atoms with Crippen molar-refractivity contribution in [2.45, 2.75) is 31.6 Å². The van der Waals surface area contributed by atoms with Gasteiger partial charge in [0.25, 0.3) is 0 Å². The summed E-state index contributed by atoms with van der Waals surface area (Å²) < 4.78 is 37.7. The number of ether oxygens (including phenoxy) is 2. The molecule has 0 aromatic heterocycles. The van der Waals surface area contributed by atoms with Crippen LogP contribution in [0.3, 0.4) is 0 Å². The zero-order valence-electron chi connectivity index (χ0n) is 18.9. The van der Waals surface area contributed by atoms with Crippen LogP contribution in [0.1, 0.15) is 37.2 Å². The van der Waals surface area contributed by atoms with Crippen LogP contribution in [-0.2, 0) is 4.57 Å². The largest absolute Gasteiger partial charge is 0.497 e. The molecule has 174 valence electrons. The van der Waals surface area contributed by atoms with E-state index in [0.717, 1.165) is 50.1 Å². The summed E-state index contributed by atoms with van der Waals surface area (Å²) in [6.07, 6.45) is 4.46. The second-order valence-corrected chi connectivity index (χ2v) is 11.8. The van der Waals surface area contributed by atoms with Crippen molar-refractivity contribution < 1.29 is 23.3 Å². The maximum atomic E-state index is 14.3. The molecule has 1 N–H and O–H groups in total. The van der Waals surface area contributed by atoms with Crippen LogP contribution in [0.4, 0.5) is 10.1 Å². The number of piperidine rings is 1. The first-order chi connectivity index (χ1) is 15.3. The molecule has 0 radical (unpaired) electrons. The number of nitrogens with zero attached hydrogens (tertiary/aromatic N) is 1. The molecule has 0 spiro atoms. The molecule has 2 atom stereocenters. The van der Waals surface area contributed by atoms with E-state index in [-0.39, 0.29) is 11.7 Å². The van der Waals surface area contributed by atoms with Crippen LogP contribution in [0.15, 0.2) is 42.5 Å². The molecule has 1 heterocycles. The van der Waals surface area contributed by atoms with Gasteiger partial charge in [-0.2, -0.15) is 0 Å². The van der Waals surface area contributed by atoms with Crippen molar-refractivity contribution in [3.05, 3.63) is 53.8 Å². The minimum atomic E-state index is -3.07. The van der Waals surface area contributed by atoms with Gasteiger partial charge in [0.05, 0.1) is 19.4 Å². The van der Waals surface area contributed by atoms with Crippen molar-refractivity contribution in [2.24, 2.45) is 11.8 Å². The molecule has 1 unspecified atom stereocenters. The lowest BCUT2D eigenvalue weighted by Gasteiger charge is -2.33. The molecule has 1 aliphatic heterocycles. The monoisotopic (exact) mass is 461 g/mol. The minimum Gasteiger partial charge on any atom is -0.497 e. The van der Waals surface area contributed by atoms with E-state index < -0.39 is 7.37 Å². The molecule has 0 amide bonds. The minimum absolute atomic E-state index is 0.125. The highest BCUT2D eigenvalue weighted by Crippen LogP contribution is 2.50. The Kier molecular flexibility index (Phi) is 7.11. The average Bonchev–Trinajstić information content (AvgIpc) is 3.62. The third-order valence-electron chi connectivity index (χ3n) is 6.61. The Labute approximate surface area is 190 Å². The molecule has 4 rings (SSSR count). The highest BCUT2D eigenvalue weighted by molar-refractivity contribution is 7.57. The SMILES string of the molecule is COc1ccc(F)c(N2CCC(COc3cccc([C@@H](CP(C)(=O)O)C4CC4)c3)CC2)c1. The fourth-order valence-electron chi connectivity index (χ4n) is 4.64. The van der Waals surface area contributed by atoms with Gasteiger partial charge in [-0.3, -0.25) is 4.57 Å². The molecule has 2 aromatic rings. The number of methoxy groups -OCH3 is 1. The Balaban J connectivity index is 1.32. The van der Waals surface area contributed by atoms with Crippen LogP contribution < -0.4 is 14.4 Å². The maximum absolute atomic E-state index is 14.3. The van der Waals surface area contributed by atoms with Crippen LogP contribution in [0.5, 0.6) is 11.5 Å². The van der Waals surface area contributed by atoms with Gasteiger partial charge in [-0.25, -0.2) is 4.39 Å². The molecule has 1 aliphatic carbocycles. The Bertz CT molecular complexity index is 966. The van der Waals surface area contributed by atoms with Crippen LogP contribution in [-0.4, -0.2) is 44.5 Å². The summed E-state index contributed by atoms with van der Waals surface area (Å²) in [6, 6.07) is 12.9. The molecular weight excluding hydrogens is 428 g/mol. The van der Waals surface area contributed by atoms with Gasteiger partial charge in [0.15, 0.2) is 7.37 Å². The highest BCUT2D eigenvalue weighted by Gasteiger charge is 2.35. The Morgan fingerprint density at radius 2 is 1.88 bits per heavy atom. The highest BCUT2D eigenvalue weighted by atomic mass is 31.2. The van der Waals surface area contributed by atoms with E-state index in [1.54, 1.807) is 19.2 Å². The van der Waals surface area contributed by atoms with E-state index in [1.165, 1.54) is 12.7 Å². The summed E-state index contributed by atoms with van der Waals surface area (Å²) in [4.78, 5) is 12.0. The summed E-state index contributed by atoms with van der Waals surface area (Å²) in [5, 5.41) is 0. The molecule has 1 saturated heterocycles. The molecule has 0 bridgehead atoms. The summed E-state index contributed by atoms with van der Waals surface area (Å²) in [5.74, 6) is 2.31. The fraction of sp³-hybridized carbons (Fsp3) is 0.520. The van der Waals surface area contributed by atoms with Crippen LogP contribution in [0.2, 0.25) is 0 Å². The standard InChI is InChI=1S/C25H33FNO4P/c1-30-21-8-9-24(26)25(15-21)27-12-10-18(11-13-27)16-31-22-5-3-4-20(14-22)23(19-6-7-19)17-32(2,28)29/h3-5,8-9,14-15,18-19,23H,6-7,10-13,16-17H2,1-2H3,(H,28,29)/t23-/m0/s1. The summed E-state index contributed by atoms with van der Waals surface area (Å²) in [5.41, 5.74) is 1.70. The number of benzene rings is 2. The van der Waals surface area contributed by atoms with Gasteiger partial charge in [-0.1, -0.05) is 12.1 Å². The quantitative estimate of drug-likeness (QED) is 0.498. The summed E-state index contributed by atoms with van der Waals surface area (Å²) in [6.45, 7) is 3.64. The third-order valence-corrected chi connectivity index (χ3v) is 7.68. The molecular formula is C25H33FNO4P. The number of anilines is 1. The number of hydrogen-bond donors (Lipinski definition) is 1. The number of halogens is 1. The molecule has 32 heavy (non-hydrogen) atoms. The third kappa shape index (κ3) is 6.05. The van der Waals surface area contributed by atoms with E-state index >= 15 is 0 Å².